The molecule has 39 heavy (non-hydrogen) atoms. The third-order valence-electron chi connectivity index (χ3n) is 8.43. The minimum Gasteiger partial charge on any atom is -0.276 e. The maximum atomic E-state index is 2.41. The molecule has 0 spiro atoms. The Morgan fingerprint density at radius 2 is 0.513 bits per heavy atom. The van der Waals surface area contributed by atoms with Gasteiger partial charge in [0.2, 0.25) is 0 Å². The van der Waals surface area contributed by atoms with Gasteiger partial charge in [-0.25, -0.2) is 0 Å². The monoisotopic (exact) mass is 547 g/mol. The molecule has 0 unspecified atom stereocenters. The highest BCUT2D eigenvalue weighted by Crippen LogP contribution is 2.15. The van der Waals surface area contributed by atoms with Gasteiger partial charge in [0.1, 0.15) is 0 Å². The van der Waals surface area contributed by atoms with Crippen LogP contribution in [0.25, 0.3) is 0 Å². The zero-order valence-electron chi connectivity index (χ0n) is 28.0. The summed E-state index contributed by atoms with van der Waals surface area (Å²) in [5.41, 5.74) is 0. The number of nitrogens with zero attached hydrogens (tertiary/aromatic N) is 1. The van der Waals surface area contributed by atoms with Crippen molar-refractivity contribution in [3.63, 3.8) is 0 Å². The second-order valence-electron chi connectivity index (χ2n) is 13.2. The van der Waals surface area contributed by atoms with Gasteiger partial charge in [-0.15, -0.1) is 0 Å². The van der Waals surface area contributed by atoms with E-state index in [0.29, 0.717) is 0 Å². The van der Waals surface area contributed by atoms with Gasteiger partial charge in [-0.1, -0.05) is 181 Å². The molecule has 0 aliphatic heterocycles. The first-order chi connectivity index (χ1) is 19.1. The van der Waals surface area contributed by atoms with E-state index in [1.165, 1.54) is 193 Å². The van der Waals surface area contributed by atoms with E-state index >= 15 is 0 Å². The molecule has 0 aliphatic carbocycles. The smallest absolute Gasteiger partial charge is 0.0959 e. The summed E-state index contributed by atoms with van der Waals surface area (Å²) in [7, 11) is 4.59. The van der Waals surface area contributed by atoms with Crippen LogP contribution in [0.1, 0.15) is 206 Å². The molecule has 0 saturated heterocycles. The summed E-state index contributed by atoms with van der Waals surface area (Å²) in [6.45, 7) is 4.61. The lowest BCUT2D eigenvalue weighted by molar-refractivity contribution is -0.784. The predicted molar refractivity (Wildman–Crippen MR) is 180 cm³/mol. The molecule has 0 saturated carbocycles. The maximum absolute atomic E-state index is 2.41. The van der Waals surface area contributed by atoms with Crippen LogP contribution >= 0.6 is 0 Å². The van der Waals surface area contributed by atoms with Crippen LogP contribution in [0.15, 0.2) is 24.6 Å². The van der Waals surface area contributed by atoms with E-state index in [2.05, 4.69) is 52.5 Å². The Labute approximate surface area is 249 Å². The van der Waals surface area contributed by atoms with Gasteiger partial charge < -0.3 is 0 Å². The van der Waals surface area contributed by atoms with E-state index in [0.717, 1.165) is 4.48 Å². The normalized spacial score (nSPS) is 12.4. The van der Waals surface area contributed by atoms with Gasteiger partial charge in [0.25, 0.3) is 0 Å². The van der Waals surface area contributed by atoms with Gasteiger partial charge in [-0.05, 0) is 37.8 Å². The number of allylic oxidation sites excluding steroid dienone is 2. The van der Waals surface area contributed by atoms with Crippen molar-refractivity contribution in [2.24, 2.45) is 0 Å². The Hall–Kier alpha value is -0.560. The van der Waals surface area contributed by atoms with E-state index in [9.17, 15) is 0 Å². The van der Waals surface area contributed by atoms with Crippen molar-refractivity contribution >= 4 is 0 Å². The van der Waals surface area contributed by atoms with Crippen LogP contribution in [0, 0.1) is 0 Å². The van der Waals surface area contributed by atoms with E-state index < -0.39 is 0 Å². The molecular weight excluding hydrogens is 470 g/mol. The maximum Gasteiger partial charge on any atom is 0.0959 e. The number of rotatable bonds is 32. The topological polar surface area (TPSA) is 0 Å². The lowest BCUT2D eigenvalue weighted by Gasteiger charge is -2.19. The summed E-state index contributed by atoms with van der Waals surface area (Å²) in [6.07, 6.45) is 52.4. The van der Waals surface area contributed by atoms with Gasteiger partial charge in [0, 0.05) is 0 Å². The van der Waals surface area contributed by atoms with E-state index in [-0.39, 0.29) is 0 Å². The molecule has 0 aromatic heterocycles. The zero-order chi connectivity index (χ0) is 28.5. The number of quaternary nitrogens is 1. The minimum absolute atomic E-state index is 0.886. The Kier molecular flexibility index (Phi) is 31.5. The van der Waals surface area contributed by atoms with Gasteiger partial charge in [0.15, 0.2) is 0 Å². The fourth-order valence-corrected chi connectivity index (χ4v) is 5.66. The van der Waals surface area contributed by atoms with Crippen molar-refractivity contribution in [3.8, 4) is 0 Å². The fraction of sp³-hybridized carbons (Fsp3) is 0.895. The van der Waals surface area contributed by atoms with Crippen molar-refractivity contribution in [3.05, 3.63) is 24.6 Å². The Bertz CT molecular complexity index is 459. The number of hydrogen-bond acceptors (Lipinski definition) is 0. The highest BCUT2D eigenvalue weighted by Gasteiger charge is 2.05. The molecule has 0 aliphatic rings. The molecule has 1 nitrogen and oxygen atoms in total. The fourth-order valence-electron chi connectivity index (χ4n) is 5.66. The van der Waals surface area contributed by atoms with Gasteiger partial charge in [0.05, 0.1) is 26.5 Å². The standard InChI is InChI=1S/C38H76N/c1-5-7-9-11-13-15-17-19-21-23-25-27-29-31-33-35-37-39(3,4)38-36-34-32-30-28-26-24-22-20-18-16-14-12-10-8-6-2/h35-38H,5-34H2,1-4H3/q+1/b37-35+,38-36+. The molecule has 0 heterocycles. The number of unbranched alkanes of at least 4 members (excludes halogenated alkanes) is 28. The summed E-state index contributed by atoms with van der Waals surface area (Å²) in [4.78, 5) is 0. The van der Waals surface area contributed by atoms with Crippen molar-refractivity contribution in [1.82, 2.24) is 0 Å². The van der Waals surface area contributed by atoms with Crippen molar-refractivity contribution in [2.45, 2.75) is 206 Å². The summed E-state index contributed by atoms with van der Waals surface area (Å²) in [5, 5.41) is 0. The van der Waals surface area contributed by atoms with Crippen LogP contribution < -0.4 is 0 Å². The molecule has 0 aromatic rings. The van der Waals surface area contributed by atoms with Crippen LogP contribution in [0.2, 0.25) is 0 Å². The zero-order valence-corrected chi connectivity index (χ0v) is 28.0. The molecule has 0 aromatic carbocycles. The van der Waals surface area contributed by atoms with Crippen molar-refractivity contribution in [2.75, 3.05) is 14.1 Å². The Morgan fingerprint density at radius 3 is 0.744 bits per heavy atom. The average molecular weight is 547 g/mol. The number of hydrogen-bond donors (Lipinski definition) is 0. The lowest BCUT2D eigenvalue weighted by atomic mass is 10.0. The highest BCUT2D eigenvalue weighted by molar-refractivity contribution is 4.80. The summed E-state index contributed by atoms with van der Waals surface area (Å²) in [5.74, 6) is 0. The minimum atomic E-state index is 0.886. The van der Waals surface area contributed by atoms with Crippen molar-refractivity contribution < 1.29 is 4.48 Å². The van der Waals surface area contributed by atoms with Crippen LogP contribution in [0.4, 0.5) is 0 Å². The third kappa shape index (κ3) is 33.5. The first kappa shape index (κ1) is 38.4. The van der Waals surface area contributed by atoms with Gasteiger partial charge in [-0.2, -0.15) is 0 Å². The SMILES string of the molecule is CCCCCCCCCCCCCCCC/C=C/[N+](C)(C)/C=C/CCCCCCCCCCCCCCCC. The quantitative estimate of drug-likeness (QED) is 0.0581. The molecule has 0 N–H and O–H groups in total. The van der Waals surface area contributed by atoms with Crippen molar-refractivity contribution in [1.29, 1.82) is 0 Å². The molecule has 0 rings (SSSR count). The van der Waals surface area contributed by atoms with Crippen LogP contribution in [-0.4, -0.2) is 18.6 Å². The summed E-state index contributed by atoms with van der Waals surface area (Å²) in [6, 6.07) is 0. The van der Waals surface area contributed by atoms with Crippen LogP contribution in [0.5, 0.6) is 0 Å². The average Bonchev–Trinajstić information content (AvgIpc) is 2.92. The van der Waals surface area contributed by atoms with Crippen LogP contribution in [-0.2, 0) is 0 Å². The molecular formula is C38H76N+. The highest BCUT2D eigenvalue weighted by atomic mass is 15.3. The molecule has 0 amide bonds. The van der Waals surface area contributed by atoms with Crippen LogP contribution in [0.3, 0.4) is 0 Å². The van der Waals surface area contributed by atoms with Gasteiger partial charge >= 0.3 is 0 Å². The first-order valence-corrected chi connectivity index (χ1v) is 18.3. The second-order valence-corrected chi connectivity index (χ2v) is 13.2. The largest absolute Gasteiger partial charge is 0.276 e. The summed E-state index contributed by atoms with van der Waals surface area (Å²) >= 11 is 0. The van der Waals surface area contributed by atoms with Gasteiger partial charge in [-0.3, -0.25) is 4.48 Å². The molecule has 232 valence electrons. The van der Waals surface area contributed by atoms with E-state index in [1.54, 1.807) is 0 Å². The predicted octanol–water partition coefficient (Wildman–Crippen LogP) is 13.8. The molecule has 0 radical (unpaired) electrons. The molecule has 0 atom stereocenters. The lowest BCUT2D eigenvalue weighted by Crippen LogP contribution is -2.25. The molecule has 1 heteroatoms. The molecule has 0 bridgehead atoms. The van der Waals surface area contributed by atoms with E-state index in [1.807, 2.05) is 0 Å². The molecule has 0 fully saturated rings. The second kappa shape index (κ2) is 32.0. The Balaban J connectivity index is 3.42. The first-order valence-electron chi connectivity index (χ1n) is 18.3. The summed E-state index contributed by atoms with van der Waals surface area (Å²) < 4.78 is 0.886. The Morgan fingerprint density at radius 1 is 0.308 bits per heavy atom. The van der Waals surface area contributed by atoms with E-state index in [4.69, 9.17) is 0 Å². The third-order valence-corrected chi connectivity index (χ3v) is 8.43.